The maximum absolute atomic E-state index is 9.33. The molecular weight excluding hydrogens is 288 g/mol. The highest BCUT2D eigenvalue weighted by atomic mass is 16.5. The van der Waals surface area contributed by atoms with Gasteiger partial charge in [0.2, 0.25) is 11.7 Å². The predicted octanol–water partition coefficient (Wildman–Crippen LogP) is 4.10. The van der Waals surface area contributed by atoms with Crippen molar-refractivity contribution in [1.29, 1.82) is 0 Å². The predicted molar refractivity (Wildman–Crippen MR) is 87.2 cm³/mol. The average molecular weight is 306 g/mol. The number of hydrogen-bond donors (Lipinski definition) is 1. The summed E-state index contributed by atoms with van der Waals surface area (Å²) in [4.78, 5) is 4.47. The van der Waals surface area contributed by atoms with Gasteiger partial charge in [-0.3, -0.25) is 0 Å². The van der Waals surface area contributed by atoms with Crippen molar-refractivity contribution in [3.63, 3.8) is 0 Å². The maximum Gasteiger partial charge on any atom is 0.226 e. The first kappa shape index (κ1) is 14.0. The van der Waals surface area contributed by atoms with Crippen LogP contribution in [0.3, 0.4) is 0 Å². The summed E-state index contributed by atoms with van der Waals surface area (Å²) in [6, 6.07) is 15.5. The number of nitrogens with zero attached hydrogens (tertiary/aromatic N) is 2. The topological polar surface area (TPSA) is 59.2 Å². The molecule has 1 unspecified atom stereocenters. The summed E-state index contributed by atoms with van der Waals surface area (Å²) in [5, 5.41) is 13.4. The summed E-state index contributed by atoms with van der Waals surface area (Å²) < 4.78 is 5.37. The lowest BCUT2D eigenvalue weighted by Gasteiger charge is -2.09. The smallest absolute Gasteiger partial charge is 0.226 e. The van der Waals surface area contributed by atoms with Gasteiger partial charge in [-0.25, -0.2) is 0 Å². The van der Waals surface area contributed by atoms with Crippen molar-refractivity contribution >= 4 is 0 Å². The van der Waals surface area contributed by atoms with Crippen LogP contribution in [0.15, 0.2) is 53.1 Å². The van der Waals surface area contributed by atoms with Crippen LogP contribution in [0, 0.1) is 0 Å². The highest BCUT2D eigenvalue weighted by Gasteiger charge is 2.22. The lowest BCUT2D eigenvalue weighted by atomic mass is 9.96. The van der Waals surface area contributed by atoms with Gasteiger partial charge in [-0.05, 0) is 60.6 Å². The molecular formula is C19H18N2O2. The second-order valence-corrected chi connectivity index (χ2v) is 6.03. The van der Waals surface area contributed by atoms with E-state index in [4.69, 9.17) is 4.52 Å². The highest BCUT2D eigenvalue weighted by molar-refractivity contribution is 5.55. The van der Waals surface area contributed by atoms with Crippen molar-refractivity contribution in [3.05, 3.63) is 65.5 Å². The first-order chi connectivity index (χ1) is 11.3. The molecule has 0 fully saturated rings. The molecule has 23 heavy (non-hydrogen) atoms. The fraction of sp³-hybridized carbons (Fsp3) is 0.263. The zero-order chi connectivity index (χ0) is 15.6. The third kappa shape index (κ3) is 2.84. The van der Waals surface area contributed by atoms with Crippen LogP contribution in [-0.2, 0) is 12.8 Å². The van der Waals surface area contributed by atoms with E-state index in [9.17, 15) is 5.11 Å². The SMILES string of the molecule is Oc1ccc(-c2noc(CCC3CCc4ccccc43)n2)cc1. The summed E-state index contributed by atoms with van der Waals surface area (Å²) in [6.07, 6.45) is 4.21. The lowest BCUT2D eigenvalue weighted by molar-refractivity contribution is 0.371. The van der Waals surface area contributed by atoms with Crippen molar-refractivity contribution in [1.82, 2.24) is 10.1 Å². The van der Waals surface area contributed by atoms with E-state index in [1.54, 1.807) is 24.3 Å². The number of rotatable bonds is 4. The maximum atomic E-state index is 9.33. The zero-order valence-electron chi connectivity index (χ0n) is 12.8. The fourth-order valence-electron chi connectivity index (χ4n) is 3.33. The molecule has 1 aliphatic carbocycles. The highest BCUT2D eigenvalue weighted by Crippen LogP contribution is 2.35. The van der Waals surface area contributed by atoms with Crippen LogP contribution in [0.2, 0.25) is 0 Å². The van der Waals surface area contributed by atoms with Gasteiger partial charge in [0.25, 0.3) is 0 Å². The van der Waals surface area contributed by atoms with Crippen molar-refractivity contribution in [2.45, 2.75) is 31.6 Å². The molecule has 1 aliphatic rings. The van der Waals surface area contributed by atoms with Gasteiger partial charge in [-0.15, -0.1) is 0 Å². The number of fused-ring (bicyclic) bond motifs is 1. The number of aromatic hydroxyl groups is 1. The minimum Gasteiger partial charge on any atom is -0.508 e. The van der Waals surface area contributed by atoms with E-state index in [1.807, 2.05) is 0 Å². The molecule has 2 aromatic carbocycles. The lowest BCUT2D eigenvalue weighted by Crippen LogP contribution is -1.96. The first-order valence-corrected chi connectivity index (χ1v) is 7.99. The van der Waals surface area contributed by atoms with E-state index in [-0.39, 0.29) is 5.75 Å². The van der Waals surface area contributed by atoms with Gasteiger partial charge in [-0.1, -0.05) is 29.4 Å². The molecule has 0 saturated heterocycles. The number of phenolic OH excluding ortho intramolecular Hbond substituents is 1. The van der Waals surface area contributed by atoms with E-state index in [2.05, 4.69) is 34.4 Å². The van der Waals surface area contributed by atoms with E-state index in [1.165, 1.54) is 24.0 Å². The first-order valence-electron chi connectivity index (χ1n) is 7.99. The Kier molecular flexibility index (Phi) is 3.58. The van der Waals surface area contributed by atoms with Crippen LogP contribution in [0.1, 0.15) is 35.8 Å². The molecule has 0 aliphatic heterocycles. The van der Waals surface area contributed by atoms with Crippen LogP contribution < -0.4 is 0 Å². The summed E-state index contributed by atoms with van der Waals surface area (Å²) in [5.41, 5.74) is 3.81. The van der Waals surface area contributed by atoms with E-state index >= 15 is 0 Å². The molecule has 0 spiro atoms. The molecule has 3 aromatic rings. The Morgan fingerprint density at radius 1 is 1.09 bits per heavy atom. The van der Waals surface area contributed by atoms with Crippen LogP contribution in [0.4, 0.5) is 0 Å². The Morgan fingerprint density at radius 2 is 1.91 bits per heavy atom. The summed E-state index contributed by atoms with van der Waals surface area (Å²) in [7, 11) is 0. The average Bonchev–Trinajstić information content (AvgIpc) is 3.20. The molecule has 116 valence electrons. The van der Waals surface area contributed by atoms with Gasteiger partial charge in [0.1, 0.15) is 5.75 Å². The van der Waals surface area contributed by atoms with Crippen LogP contribution in [0.25, 0.3) is 11.4 Å². The Balaban J connectivity index is 1.44. The Bertz CT molecular complexity index is 808. The second kappa shape index (κ2) is 5.88. The van der Waals surface area contributed by atoms with Crippen LogP contribution >= 0.6 is 0 Å². The standard InChI is InChI=1S/C19H18N2O2/c22-16-10-7-15(8-11-16)19-20-18(23-21-19)12-9-14-6-5-13-3-1-2-4-17(13)14/h1-4,7-8,10-11,14,22H,5-6,9,12H2. The third-order valence-electron chi connectivity index (χ3n) is 4.56. The molecule has 1 aromatic heterocycles. The quantitative estimate of drug-likeness (QED) is 0.788. The van der Waals surface area contributed by atoms with Gasteiger partial charge >= 0.3 is 0 Å². The molecule has 4 heteroatoms. The van der Waals surface area contributed by atoms with Gasteiger partial charge < -0.3 is 9.63 Å². The van der Waals surface area contributed by atoms with Crippen molar-refractivity contribution < 1.29 is 9.63 Å². The molecule has 4 rings (SSSR count). The Morgan fingerprint density at radius 3 is 2.78 bits per heavy atom. The number of phenols is 1. The zero-order valence-corrected chi connectivity index (χ0v) is 12.8. The van der Waals surface area contributed by atoms with Crippen LogP contribution in [0.5, 0.6) is 5.75 Å². The summed E-state index contributed by atoms with van der Waals surface area (Å²) in [6.45, 7) is 0. The van der Waals surface area contributed by atoms with E-state index in [0.29, 0.717) is 17.6 Å². The number of aryl methyl sites for hydroxylation is 2. The molecule has 4 nitrogen and oxygen atoms in total. The fourth-order valence-corrected chi connectivity index (χ4v) is 3.33. The molecule has 0 bridgehead atoms. The number of aromatic nitrogens is 2. The van der Waals surface area contributed by atoms with Crippen molar-refractivity contribution in [2.24, 2.45) is 0 Å². The van der Waals surface area contributed by atoms with Crippen LogP contribution in [-0.4, -0.2) is 15.2 Å². The molecule has 1 atom stereocenters. The molecule has 1 N–H and O–H groups in total. The van der Waals surface area contributed by atoms with E-state index < -0.39 is 0 Å². The van der Waals surface area contributed by atoms with Gasteiger partial charge in [-0.2, -0.15) is 4.98 Å². The third-order valence-corrected chi connectivity index (χ3v) is 4.56. The summed E-state index contributed by atoms with van der Waals surface area (Å²) >= 11 is 0. The normalized spacial score (nSPS) is 16.4. The summed E-state index contributed by atoms with van der Waals surface area (Å²) in [5.74, 6) is 2.08. The second-order valence-electron chi connectivity index (χ2n) is 6.03. The van der Waals surface area contributed by atoms with Gasteiger partial charge in [0, 0.05) is 12.0 Å². The molecule has 0 amide bonds. The monoisotopic (exact) mass is 306 g/mol. The minimum absolute atomic E-state index is 0.234. The Hall–Kier alpha value is -2.62. The largest absolute Gasteiger partial charge is 0.508 e. The van der Waals surface area contributed by atoms with Gasteiger partial charge in [0.15, 0.2) is 0 Å². The minimum atomic E-state index is 0.234. The van der Waals surface area contributed by atoms with Gasteiger partial charge in [0.05, 0.1) is 0 Å². The van der Waals surface area contributed by atoms with Crippen molar-refractivity contribution in [2.75, 3.05) is 0 Å². The van der Waals surface area contributed by atoms with E-state index in [0.717, 1.165) is 18.4 Å². The molecule has 1 heterocycles. The number of benzene rings is 2. The molecule has 0 radical (unpaired) electrons. The number of hydrogen-bond acceptors (Lipinski definition) is 4. The van der Waals surface area contributed by atoms with Crippen molar-refractivity contribution in [3.8, 4) is 17.1 Å². The Labute approximate surface area is 134 Å². The molecule has 0 saturated carbocycles.